The molecule has 1 N–H and O–H groups in total. The van der Waals surface area contributed by atoms with Gasteiger partial charge in [0.15, 0.2) is 0 Å². The number of nitrogens with one attached hydrogen (secondary N) is 1. The molecule has 0 spiro atoms. The van der Waals surface area contributed by atoms with Crippen LogP contribution in [-0.2, 0) is 17.9 Å². The van der Waals surface area contributed by atoms with Crippen LogP contribution < -0.4 is 5.32 Å². The largest absolute Gasteiger partial charge is 0.321 e. The van der Waals surface area contributed by atoms with Crippen LogP contribution in [0, 0.1) is 44.7 Å². The van der Waals surface area contributed by atoms with Crippen molar-refractivity contribution in [2.75, 3.05) is 5.32 Å². The molecule has 152 valence electrons. The number of benzene rings is 1. The van der Waals surface area contributed by atoms with Gasteiger partial charge in [0.1, 0.15) is 17.9 Å². The number of carbonyl (C=O) groups excluding carboxylic acids is 1. The van der Waals surface area contributed by atoms with Gasteiger partial charge in [-0.2, -0.15) is 10.2 Å². The second-order valence-electron chi connectivity index (χ2n) is 7.17. The molecule has 0 bridgehead atoms. The number of amides is 1. The van der Waals surface area contributed by atoms with E-state index in [0.29, 0.717) is 29.3 Å². The Bertz CT molecular complexity index is 1080. The van der Waals surface area contributed by atoms with E-state index in [1.54, 1.807) is 13.8 Å². The number of nitro groups is 1. The van der Waals surface area contributed by atoms with Crippen LogP contribution in [0.4, 0.5) is 11.4 Å². The molecule has 0 aliphatic rings. The molecular formula is C20H24N6O3. The predicted molar refractivity (Wildman–Crippen MR) is 109 cm³/mol. The molecule has 1 amide bonds. The Morgan fingerprint density at radius 2 is 1.62 bits per heavy atom. The lowest BCUT2D eigenvalue weighted by Crippen LogP contribution is -2.21. The Labute approximate surface area is 168 Å². The number of aryl methyl sites for hydroxylation is 3. The fourth-order valence-corrected chi connectivity index (χ4v) is 3.32. The average Bonchev–Trinajstić information content (AvgIpc) is 3.06. The van der Waals surface area contributed by atoms with Crippen molar-refractivity contribution < 1.29 is 9.72 Å². The Kier molecular flexibility index (Phi) is 5.49. The first-order valence-corrected chi connectivity index (χ1v) is 9.25. The molecule has 9 heteroatoms. The number of hydrogen-bond acceptors (Lipinski definition) is 5. The number of nitrogens with zero attached hydrogens (tertiary/aromatic N) is 5. The van der Waals surface area contributed by atoms with Gasteiger partial charge in [0.2, 0.25) is 5.91 Å². The molecule has 0 aliphatic carbocycles. The summed E-state index contributed by atoms with van der Waals surface area (Å²) in [6, 6.07) is 8.22. The van der Waals surface area contributed by atoms with Crippen molar-refractivity contribution in [3.8, 4) is 0 Å². The zero-order valence-electron chi connectivity index (χ0n) is 17.2. The Morgan fingerprint density at radius 3 is 2.21 bits per heavy atom. The summed E-state index contributed by atoms with van der Waals surface area (Å²) in [6.07, 6.45) is 0. The van der Waals surface area contributed by atoms with Crippen LogP contribution in [0.2, 0.25) is 0 Å². The Hall–Kier alpha value is -3.49. The van der Waals surface area contributed by atoms with Crippen LogP contribution in [0.3, 0.4) is 0 Å². The highest BCUT2D eigenvalue weighted by molar-refractivity contribution is 5.91. The van der Waals surface area contributed by atoms with Crippen molar-refractivity contribution in [3.05, 3.63) is 68.3 Å². The molecule has 0 radical (unpaired) electrons. The van der Waals surface area contributed by atoms with Crippen LogP contribution in [0.5, 0.6) is 0 Å². The third-order valence-corrected chi connectivity index (χ3v) is 4.92. The predicted octanol–water partition coefficient (Wildman–Crippen LogP) is 3.22. The summed E-state index contributed by atoms with van der Waals surface area (Å²) in [7, 11) is 0. The van der Waals surface area contributed by atoms with Gasteiger partial charge >= 0.3 is 5.69 Å². The van der Waals surface area contributed by atoms with E-state index in [2.05, 4.69) is 39.8 Å². The molecule has 3 aromatic rings. The molecule has 0 unspecified atom stereocenters. The number of hydrogen-bond donors (Lipinski definition) is 1. The number of carbonyl (C=O) groups is 1. The lowest BCUT2D eigenvalue weighted by Gasteiger charge is -2.08. The van der Waals surface area contributed by atoms with E-state index in [1.807, 2.05) is 25.5 Å². The minimum absolute atomic E-state index is 0.0592. The van der Waals surface area contributed by atoms with Gasteiger partial charge in [-0.15, -0.1) is 0 Å². The maximum atomic E-state index is 12.6. The van der Waals surface area contributed by atoms with Gasteiger partial charge in [-0.1, -0.05) is 29.8 Å². The lowest BCUT2D eigenvalue weighted by atomic mass is 10.1. The number of anilines is 1. The molecule has 0 aliphatic heterocycles. The summed E-state index contributed by atoms with van der Waals surface area (Å²) in [5, 5.41) is 22.7. The standard InChI is InChI=1S/C20H24N6O3/c1-12-6-8-17(9-7-12)10-24-15(4)19(13(2)22-24)21-18(27)11-25-16(5)20(26(28)29)14(3)23-25/h6-9H,10-11H2,1-5H3,(H,21,27). The molecule has 9 nitrogen and oxygen atoms in total. The SMILES string of the molecule is Cc1ccc(Cn2nc(C)c(NC(=O)Cn3nc(C)c([N+](=O)[O-])c3C)c2C)cc1. The van der Waals surface area contributed by atoms with E-state index >= 15 is 0 Å². The third-order valence-electron chi connectivity index (χ3n) is 4.92. The number of aromatic nitrogens is 4. The van der Waals surface area contributed by atoms with E-state index in [1.165, 1.54) is 10.2 Å². The van der Waals surface area contributed by atoms with Crippen molar-refractivity contribution in [3.63, 3.8) is 0 Å². The fraction of sp³-hybridized carbons (Fsp3) is 0.350. The highest BCUT2D eigenvalue weighted by Crippen LogP contribution is 2.23. The summed E-state index contributed by atoms with van der Waals surface area (Å²) in [5.74, 6) is -0.313. The van der Waals surface area contributed by atoms with Crippen molar-refractivity contribution >= 4 is 17.3 Å². The molecule has 2 aromatic heterocycles. The molecule has 0 atom stereocenters. The maximum Gasteiger partial charge on any atom is 0.312 e. The van der Waals surface area contributed by atoms with Gasteiger partial charge in [0.05, 0.1) is 28.5 Å². The second-order valence-corrected chi connectivity index (χ2v) is 7.17. The summed E-state index contributed by atoms with van der Waals surface area (Å²) >= 11 is 0. The van der Waals surface area contributed by atoms with E-state index in [0.717, 1.165) is 11.3 Å². The van der Waals surface area contributed by atoms with Gasteiger partial charge in [-0.25, -0.2) is 0 Å². The molecule has 1 aromatic carbocycles. The topological polar surface area (TPSA) is 108 Å². The van der Waals surface area contributed by atoms with Gasteiger partial charge in [-0.05, 0) is 40.2 Å². The highest BCUT2D eigenvalue weighted by atomic mass is 16.6. The van der Waals surface area contributed by atoms with Gasteiger partial charge in [0, 0.05) is 0 Å². The summed E-state index contributed by atoms with van der Waals surface area (Å²) in [4.78, 5) is 23.2. The molecule has 3 rings (SSSR count). The summed E-state index contributed by atoms with van der Waals surface area (Å²) < 4.78 is 3.20. The van der Waals surface area contributed by atoms with Crippen molar-refractivity contribution in [1.29, 1.82) is 0 Å². The molecule has 0 fully saturated rings. The van der Waals surface area contributed by atoms with Crippen molar-refractivity contribution in [2.24, 2.45) is 0 Å². The first-order chi connectivity index (χ1) is 13.7. The lowest BCUT2D eigenvalue weighted by molar-refractivity contribution is -0.386. The van der Waals surface area contributed by atoms with Crippen LogP contribution >= 0.6 is 0 Å². The minimum Gasteiger partial charge on any atom is -0.321 e. The molecule has 29 heavy (non-hydrogen) atoms. The first-order valence-electron chi connectivity index (χ1n) is 9.25. The Balaban J connectivity index is 1.76. The van der Waals surface area contributed by atoms with Gasteiger partial charge < -0.3 is 5.32 Å². The van der Waals surface area contributed by atoms with E-state index < -0.39 is 4.92 Å². The highest BCUT2D eigenvalue weighted by Gasteiger charge is 2.23. The molecular weight excluding hydrogens is 372 g/mol. The van der Waals surface area contributed by atoms with Crippen LogP contribution in [0.1, 0.15) is 33.9 Å². The van der Waals surface area contributed by atoms with Crippen LogP contribution in [0.25, 0.3) is 0 Å². The van der Waals surface area contributed by atoms with Crippen LogP contribution in [-0.4, -0.2) is 30.4 Å². The van der Waals surface area contributed by atoms with E-state index in [9.17, 15) is 14.9 Å². The van der Waals surface area contributed by atoms with Gasteiger partial charge in [0.25, 0.3) is 0 Å². The minimum atomic E-state index is -0.477. The van der Waals surface area contributed by atoms with E-state index in [4.69, 9.17) is 0 Å². The normalized spacial score (nSPS) is 10.9. The second kappa shape index (κ2) is 7.86. The smallest absolute Gasteiger partial charge is 0.312 e. The monoisotopic (exact) mass is 396 g/mol. The maximum absolute atomic E-state index is 12.6. The first kappa shape index (κ1) is 20.2. The van der Waals surface area contributed by atoms with Gasteiger partial charge in [-0.3, -0.25) is 24.3 Å². The average molecular weight is 396 g/mol. The number of rotatable bonds is 6. The molecule has 0 saturated heterocycles. The van der Waals surface area contributed by atoms with Crippen LogP contribution in [0.15, 0.2) is 24.3 Å². The summed E-state index contributed by atoms with van der Waals surface area (Å²) in [5.41, 5.74) is 5.10. The zero-order valence-corrected chi connectivity index (χ0v) is 17.2. The van der Waals surface area contributed by atoms with E-state index in [-0.39, 0.29) is 18.1 Å². The van der Waals surface area contributed by atoms with Crippen molar-refractivity contribution in [1.82, 2.24) is 19.6 Å². The van der Waals surface area contributed by atoms with Crippen molar-refractivity contribution in [2.45, 2.75) is 47.7 Å². The fourth-order valence-electron chi connectivity index (χ4n) is 3.32. The Morgan fingerprint density at radius 1 is 1.00 bits per heavy atom. The molecule has 2 heterocycles. The third kappa shape index (κ3) is 4.18. The summed E-state index contributed by atoms with van der Waals surface area (Å²) in [6.45, 7) is 9.41. The quantitative estimate of drug-likeness (QED) is 0.508. The molecule has 0 saturated carbocycles. The zero-order chi connectivity index (χ0) is 21.3.